The predicted molar refractivity (Wildman–Crippen MR) is 93.2 cm³/mol. The van der Waals surface area contributed by atoms with E-state index in [1.165, 1.54) is 11.1 Å². The van der Waals surface area contributed by atoms with Gasteiger partial charge in [-0.05, 0) is 18.9 Å². The quantitative estimate of drug-likeness (QED) is 0.669. The smallest absolute Gasteiger partial charge is 0.197 e. The number of rotatable bonds is 5. The highest BCUT2D eigenvalue weighted by Crippen LogP contribution is 2.29. The van der Waals surface area contributed by atoms with Crippen molar-refractivity contribution >= 4 is 24.4 Å². The topological polar surface area (TPSA) is 96.3 Å². The Balaban J connectivity index is 0.00000192. The summed E-state index contributed by atoms with van der Waals surface area (Å²) < 4.78 is 0. The monoisotopic (exact) mass is 330 g/mol. The van der Waals surface area contributed by atoms with Gasteiger partial charge in [-0.2, -0.15) is 15.4 Å². The van der Waals surface area contributed by atoms with Gasteiger partial charge >= 0.3 is 0 Å². The molecule has 0 fully saturated rings. The molecule has 3 aromatic rings. The minimum atomic E-state index is 0. The van der Waals surface area contributed by atoms with E-state index in [0.717, 1.165) is 17.8 Å². The molecule has 0 saturated carbocycles. The first-order valence-corrected chi connectivity index (χ1v) is 7.10. The minimum Gasteiger partial charge on any atom is -0.369 e. The number of aromatic amines is 2. The van der Waals surface area contributed by atoms with Crippen LogP contribution in [0.2, 0.25) is 0 Å². The molecule has 0 aliphatic heterocycles. The summed E-state index contributed by atoms with van der Waals surface area (Å²) in [4.78, 5) is 7.17. The van der Waals surface area contributed by atoms with E-state index in [1.807, 2.05) is 18.2 Å². The number of halogens is 1. The van der Waals surface area contributed by atoms with Crippen LogP contribution in [-0.2, 0) is 0 Å². The maximum atomic E-state index is 5.70. The molecule has 1 aromatic carbocycles. The number of nitrogen functional groups attached to an aromatic ring is 1. The van der Waals surface area contributed by atoms with Crippen LogP contribution in [0.5, 0.6) is 0 Å². The van der Waals surface area contributed by atoms with Crippen molar-refractivity contribution in [1.29, 1.82) is 0 Å². The van der Waals surface area contributed by atoms with E-state index in [1.54, 1.807) is 12.4 Å². The van der Waals surface area contributed by atoms with Gasteiger partial charge in [0.25, 0.3) is 0 Å². The van der Waals surface area contributed by atoms with E-state index in [9.17, 15) is 0 Å². The molecule has 7 heteroatoms. The van der Waals surface area contributed by atoms with Crippen LogP contribution in [-0.4, -0.2) is 25.4 Å². The SMILES string of the molecule is CC(=Cc1ccccc1)CC(c1cn[nH]n1)c1cnc(N)[nH]1.Cl. The van der Waals surface area contributed by atoms with Crippen molar-refractivity contribution in [1.82, 2.24) is 25.4 Å². The molecular weight excluding hydrogens is 312 g/mol. The van der Waals surface area contributed by atoms with Crippen LogP contribution in [0.25, 0.3) is 6.08 Å². The van der Waals surface area contributed by atoms with Gasteiger partial charge in [-0.1, -0.05) is 42.0 Å². The highest BCUT2D eigenvalue weighted by molar-refractivity contribution is 5.85. The molecule has 23 heavy (non-hydrogen) atoms. The van der Waals surface area contributed by atoms with Gasteiger partial charge in [-0.25, -0.2) is 4.98 Å². The molecule has 3 rings (SSSR count). The van der Waals surface area contributed by atoms with Crippen LogP contribution < -0.4 is 5.73 Å². The summed E-state index contributed by atoms with van der Waals surface area (Å²) in [5.74, 6) is 0.455. The molecule has 0 saturated heterocycles. The van der Waals surface area contributed by atoms with Crippen LogP contribution in [0.3, 0.4) is 0 Å². The summed E-state index contributed by atoms with van der Waals surface area (Å²) >= 11 is 0. The van der Waals surface area contributed by atoms with Crippen LogP contribution in [0, 0.1) is 0 Å². The van der Waals surface area contributed by atoms with Crippen molar-refractivity contribution < 1.29 is 0 Å². The van der Waals surface area contributed by atoms with Crippen molar-refractivity contribution in [2.75, 3.05) is 5.73 Å². The Morgan fingerprint density at radius 3 is 2.65 bits per heavy atom. The van der Waals surface area contributed by atoms with Gasteiger partial charge in [-0.3, -0.25) is 0 Å². The summed E-state index contributed by atoms with van der Waals surface area (Å²) in [7, 11) is 0. The summed E-state index contributed by atoms with van der Waals surface area (Å²) in [5.41, 5.74) is 9.93. The van der Waals surface area contributed by atoms with Gasteiger partial charge in [0.05, 0.1) is 24.0 Å². The number of allylic oxidation sites excluding steroid dienone is 1. The van der Waals surface area contributed by atoms with Gasteiger partial charge in [0.2, 0.25) is 0 Å². The van der Waals surface area contributed by atoms with Crippen LogP contribution in [0.4, 0.5) is 5.95 Å². The Kier molecular flexibility index (Phi) is 5.54. The molecule has 0 aliphatic carbocycles. The lowest BCUT2D eigenvalue weighted by Gasteiger charge is -2.13. The number of anilines is 1. The number of nitrogens with one attached hydrogen (secondary N) is 2. The van der Waals surface area contributed by atoms with Gasteiger partial charge in [0.1, 0.15) is 0 Å². The third-order valence-corrected chi connectivity index (χ3v) is 3.52. The van der Waals surface area contributed by atoms with E-state index in [4.69, 9.17) is 5.73 Å². The molecule has 2 heterocycles. The minimum absolute atomic E-state index is 0. The molecule has 1 unspecified atom stereocenters. The molecule has 0 radical (unpaired) electrons. The van der Waals surface area contributed by atoms with Crippen molar-refractivity contribution in [3.05, 3.63) is 65.2 Å². The zero-order valence-electron chi connectivity index (χ0n) is 12.7. The average Bonchev–Trinajstić information content (AvgIpc) is 3.17. The zero-order chi connectivity index (χ0) is 15.4. The molecule has 0 aliphatic rings. The van der Waals surface area contributed by atoms with E-state index in [-0.39, 0.29) is 18.3 Å². The Morgan fingerprint density at radius 2 is 2.04 bits per heavy atom. The van der Waals surface area contributed by atoms with E-state index < -0.39 is 0 Å². The molecule has 6 nitrogen and oxygen atoms in total. The number of hydrogen-bond acceptors (Lipinski definition) is 4. The molecule has 0 amide bonds. The van der Waals surface area contributed by atoms with E-state index in [2.05, 4.69) is 50.5 Å². The van der Waals surface area contributed by atoms with Crippen molar-refractivity contribution in [3.63, 3.8) is 0 Å². The fourth-order valence-corrected chi connectivity index (χ4v) is 2.50. The lowest BCUT2D eigenvalue weighted by Crippen LogP contribution is -2.04. The standard InChI is InChI=1S/C16H18N6.ClH/c1-11(7-12-5-3-2-4-6-12)8-13(15-10-19-22-21-15)14-9-18-16(17)20-14;/h2-7,9-10,13H,8H2,1H3,(H3,17,18,20)(H,19,21,22);1H. The molecular formula is C16H19ClN6. The van der Waals surface area contributed by atoms with Gasteiger partial charge in [-0.15, -0.1) is 12.4 Å². The number of H-pyrrole nitrogens is 2. The number of nitrogens with zero attached hydrogens (tertiary/aromatic N) is 3. The fraction of sp³-hybridized carbons (Fsp3) is 0.188. The Labute approximate surface area is 140 Å². The van der Waals surface area contributed by atoms with Crippen LogP contribution in [0.1, 0.15) is 36.2 Å². The Hall–Kier alpha value is -2.60. The molecule has 120 valence electrons. The maximum absolute atomic E-state index is 5.70. The number of aromatic nitrogens is 5. The van der Waals surface area contributed by atoms with Gasteiger partial charge < -0.3 is 10.7 Å². The van der Waals surface area contributed by atoms with Crippen molar-refractivity contribution in [2.45, 2.75) is 19.3 Å². The first-order valence-electron chi connectivity index (χ1n) is 7.10. The molecule has 2 aromatic heterocycles. The number of imidazole rings is 1. The summed E-state index contributed by atoms with van der Waals surface area (Å²) in [6.07, 6.45) is 6.47. The summed E-state index contributed by atoms with van der Waals surface area (Å²) in [6.45, 7) is 2.11. The van der Waals surface area contributed by atoms with Gasteiger partial charge in [0, 0.05) is 5.69 Å². The normalized spacial score (nSPS) is 12.7. The number of nitrogens with two attached hydrogens (primary N) is 1. The zero-order valence-corrected chi connectivity index (χ0v) is 13.5. The molecule has 4 N–H and O–H groups in total. The van der Waals surface area contributed by atoms with Crippen LogP contribution >= 0.6 is 12.4 Å². The van der Waals surface area contributed by atoms with Gasteiger partial charge in [0.15, 0.2) is 5.95 Å². The van der Waals surface area contributed by atoms with E-state index in [0.29, 0.717) is 5.95 Å². The highest BCUT2D eigenvalue weighted by Gasteiger charge is 2.19. The molecule has 0 spiro atoms. The molecule has 1 atom stereocenters. The van der Waals surface area contributed by atoms with E-state index >= 15 is 0 Å². The lowest BCUT2D eigenvalue weighted by atomic mass is 9.93. The summed E-state index contributed by atoms with van der Waals surface area (Å²) in [5, 5.41) is 10.8. The first-order chi connectivity index (χ1) is 10.7. The second kappa shape index (κ2) is 7.60. The Bertz CT molecular complexity index is 748. The maximum Gasteiger partial charge on any atom is 0.197 e. The second-order valence-corrected chi connectivity index (χ2v) is 5.28. The number of hydrogen-bond donors (Lipinski definition) is 3. The van der Waals surface area contributed by atoms with Crippen LogP contribution in [0.15, 0.2) is 48.3 Å². The second-order valence-electron chi connectivity index (χ2n) is 5.28. The largest absolute Gasteiger partial charge is 0.369 e. The van der Waals surface area contributed by atoms with Crippen molar-refractivity contribution in [2.24, 2.45) is 0 Å². The third kappa shape index (κ3) is 4.20. The first kappa shape index (κ1) is 16.8. The van der Waals surface area contributed by atoms with Crippen molar-refractivity contribution in [3.8, 4) is 0 Å². The summed E-state index contributed by atoms with van der Waals surface area (Å²) in [6, 6.07) is 10.2. The highest BCUT2D eigenvalue weighted by atomic mass is 35.5. The third-order valence-electron chi connectivity index (χ3n) is 3.52. The Morgan fingerprint density at radius 1 is 1.26 bits per heavy atom. The number of benzene rings is 1. The predicted octanol–water partition coefficient (Wildman–Crippen LogP) is 3.16. The lowest BCUT2D eigenvalue weighted by molar-refractivity contribution is 0.741. The fourth-order valence-electron chi connectivity index (χ4n) is 2.50. The average molecular weight is 331 g/mol. The molecule has 0 bridgehead atoms.